The van der Waals surface area contributed by atoms with Crippen LogP contribution in [0, 0.1) is 0 Å². The molecule has 0 aromatic heterocycles. The van der Waals surface area contributed by atoms with Crippen molar-refractivity contribution in [2.24, 2.45) is 5.73 Å². The Kier molecular flexibility index (Phi) is 19.3. The third-order valence-corrected chi connectivity index (χ3v) is 4.19. The van der Waals surface area contributed by atoms with Gasteiger partial charge in [0.2, 0.25) is 0 Å². The summed E-state index contributed by atoms with van der Waals surface area (Å²) in [5.41, 5.74) is 5.03. The van der Waals surface area contributed by atoms with Gasteiger partial charge in [0.05, 0.1) is 25.4 Å². The molecule has 0 aliphatic heterocycles. The van der Waals surface area contributed by atoms with E-state index < -0.39 is 5.54 Å². The zero-order valence-electron chi connectivity index (χ0n) is 14.1. The molecule has 0 atom stereocenters. The maximum atomic E-state index is 11.9. The van der Waals surface area contributed by atoms with Gasteiger partial charge in [-0.25, -0.2) is 0 Å². The van der Waals surface area contributed by atoms with E-state index in [9.17, 15) is 4.39 Å². The van der Waals surface area contributed by atoms with E-state index in [0.29, 0.717) is 6.42 Å². The van der Waals surface area contributed by atoms with Gasteiger partial charge in [-0.1, -0.05) is 70.6 Å². The van der Waals surface area contributed by atoms with Gasteiger partial charge in [-0.3, -0.25) is 4.39 Å². The zero-order chi connectivity index (χ0) is 15.8. The fraction of sp³-hybridized carbons (Fsp3) is 1.00. The summed E-state index contributed by atoms with van der Waals surface area (Å²) in [5, 5.41) is 18.1. The summed E-state index contributed by atoms with van der Waals surface area (Å²) in [4.78, 5) is 0. The van der Waals surface area contributed by atoms with Crippen molar-refractivity contribution in [3.8, 4) is 0 Å². The molecule has 0 aromatic carbocycles. The van der Waals surface area contributed by atoms with Gasteiger partial charge in [-0.15, -0.1) is 12.4 Å². The Morgan fingerprint density at radius 3 is 1.27 bits per heavy atom. The Morgan fingerprint density at radius 2 is 0.955 bits per heavy atom. The van der Waals surface area contributed by atoms with Crippen LogP contribution in [0.3, 0.4) is 0 Å². The Balaban J connectivity index is 0. The quantitative estimate of drug-likeness (QED) is 0.370. The first-order valence-corrected chi connectivity index (χ1v) is 8.75. The van der Waals surface area contributed by atoms with Crippen LogP contribution in [0.15, 0.2) is 0 Å². The summed E-state index contributed by atoms with van der Waals surface area (Å²) in [6, 6.07) is 0. The standard InChI is InChI=1S/C17H36FNO2.ClH/c18-14-12-10-8-6-4-2-1-3-5-7-9-11-13-17(19,15-20)16-21;/h20-21H,1-16,19H2;1H. The summed E-state index contributed by atoms with van der Waals surface area (Å²) >= 11 is 0. The lowest BCUT2D eigenvalue weighted by atomic mass is 9.94. The van der Waals surface area contributed by atoms with Crippen molar-refractivity contribution in [1.82, 2.24) is 0 Å². The molecule has 0 fully saturated rings. The smallest absolute Gasteiger partial charge is 0.0894 e. The van der Waals surface area contributed by atoms with Crippen molar-refractivity contribution >= 4 is 12.4 Å². The highest BCUT2D eigenvalue weighted by atomic mass is 35.5. The van der Waals surface area contributed by atoms with Gasteiger partial charge in [-0.2, -0.15) is 0 Å². The average molecular weight is 342 g/mol. The molecule has 0 bridgehead atoms. The number of hydrogen-bond acceptors (Lipinski definition) is 3. The predicted molar refractivity (Wildman–Crippen MR) is 94.3 cm³/mol. The fourth-order valence-corrected chi connectivity index (χ4v) is 2.55. The zero-order valence-corrected chi connectivity index (χ0v) is 14.9. The van der Waals surface area contributed by atoms with Crippen LogP contribution in [0.2, 0.25) is 0 Å². The minimum atomic E-state index is -0.790. The molecule has 0 amide bonds. The second-order valence-corrected chi connectivity index (χ2v) is 6.36. The van der Waals surface area contributed by atoms with Crippen molar-refractivity contribution in [2.75, 3.05) is 19.9 Å². The normalized spacial score (nSPS) is 11.5. The van der Waals surface area contributed by atoms with E-state index in [1.54, 1.807) is 0 Å². The molecule has 0 heterocycles. The summed E-state index contributed by atoms with van der Waals surface area (Å²) in [6.45, 7) is -0.453. The molecule has 0 spiro atoms. The lowest BCUT2D eigenvalue weighted by Gasteiger charge is -2.24. The molecule has 0 radical (unpaired) electrons. The van der Waals surface area contributed by atoms with Crippen molar-refractivity contribution in [1.29, 1.82) is 0 Å². The lowest BCUT2D eigenvalue weighted by molar-refractivity contribution is 0.112. The number of halogens is 2. The third-order valence-electron chi connectivity index (χ3n) is 4.19. The van der Waals surface area contributed by atoms with Gasteiger partial charge in [0.15, 0.2) is 0 Å². The highest BCUT2D eigenvalue weighted by molar-refractivity contribution is 5.85. The van der Waals surface area contributed by atoms with E-state index in [-0.39, 0.29) is 32.3 Å². The van der Waals surface area contributed by atoms with Crippen LogP contribution in [0.4, 0.5) is 4.39 Å². The Morgan fingerprint density at radius 1 is 0.636 bits per heavy atom. The Bertz CT molecular complexity index is 217. The maximum absolute atomic E-state index is 11.9. The van der Waals surface area contributed by atoms with Crippen LogP contribution in [0.5, 0.6) is 0 Å². The van der Waals surface area contributed by atoms with Crippen molar-refractivity contribution in [3.05, 3.63) is 0 Å². The van der Waals surface area contributed by atoms with Crippen LogP contribution < -0.4 is 5.73 Å². The molecule has 0 unspecified atom stereocenters. The van der Waals surface area contributed by atoms with E-state index in [1.807, 2.05) is 0 Å². The largest absolute Gasteiger partial charge is 0.394 e. The molecule has 0 aliphatic rings. The van der Waals surface area contributed by atoms with Gasteiger partial charge in [0.25, 0.3) is 0 Å². The summed E-state index contributed by atoms with van der Waals surface area (Å²) in [6.07, 6.45) is 14.7. The molecule has 0 aliphatic carbocycles. The van der Waals surface area contributed by atoms with Crippen LogP contribution in [-0.4, -0.2) is 35.6 Å². The predicted octanol–water partition coefficient (Wildman–Crippen LogP) is 4.13. The summed E-state index contributed by atoms with van der Waals surface area (Å²) < 4.78 is 11.9. The summed E-state index contributed by atoms with van der Waals surface area (Å²) in [7, 11) is 0. The fourth-order valence-electron chi connectivity index (χ4n) is 2.55. The first kappa shape index (κ1) is 24.4. The second-order valence-electron chi connectivity index (χ2n) is 6.36. The van der Waals surface area contributed by atoms with Gasteiger partial charge in [-0.05, 0) is 12.8 Å². The van der Waals surface area contributed by atoms with Crippen LogP contribution in [0.1, 0.15) is 83.5 Å². The topological polar surface area (TPSA) is 66.5 Å². The minimum Gasteiger partial charge on any atom is -0.394 e. The van der Waals surface area contributed by atoms with E-state index in [2.05, 4.69) is 0 Å². The number of hydrogen-bond donors (Lipinski definition) is 3. The van der Waals surface area contributed by atoms with Gasteiger partial charge in [0.1, 0.15) is 0 Å². The van der Waals surface area contributed by atoms with Gasteiger partial charge in [0, 0.05) is 0 Å². The molecular weight excluding hydrogens is 305 g/mol. The van der Waals surface area contributed by atoms with Crippen LogP contribution in [0.25, 0.3) is 0 Å². The molecule has 4 N–H and O–H groups in total. The van der Waals surface area contributed by atoms with Crippen molar-refractivity contribution in [2.45, 2.75) is 89.0 Å². The molecular formula is C17H37ClFNO2. The first-order valence-electron chi connectivity index (χ1n) is 8.75. The molecule has 0 rings (SSSR count). The number of unbranched alkanes of at least 4 members (excludes halogenated alkanes) is 11. The summed E-state index contributed by atoms with van der Waals surface area (Å²) in [5.74, 6) is 0. The molecule has 5 heteroatoms. The van der Waals surface area contributed by atoms with Gasteiger partial charge >= 0.3 is 0 Å². The molecule has 136 valence electrons. The van der Waals surface area contributed by atoms with E-state index >= 15 is 0 Å². The lowest BCUT2D eigenvalue weighted by Crippen LogP contribution is -2.47. The number of aliphatic hydroxyl groups excluding tert-OH is 2. The average Bonchev–Trinajstić information content (AvgIpc) is 2.51. The third kappa shape index (κ3) is 15.0. The minimum absolute atomic E-state index is 0. The maximum Gasteiger partial charge on any atom is 0.0894 e. The number of alkyl halides is 1. The highest BCUT2D eigenvalue weighted by Gasteiger charge is 2.21. The van der Waals surface area contributed by atoms with E-state index in [0.717, 1.165) is 25.7 Å². The Hall–Kier alpha value is 0.1000. The Labute approximate surface area is 142 Å². The molecule has 0 saturated heterocycles. The molecule has 0 aromatic rings. The van der Waals surface area contributed by atoms with E-state index in [1.165, 1.54) is 51.4 Å². The van der Waals surface area contributed by atoms with Crippen molar-refractivity contribution < 1.29 is 14.6 Å². The monoisotopic (exact) mass is 341 g/mol. The van der Waals surface area contributed by atoms with Crippen LogP contribution >= 0.6 is 12.4 Å². The second kappa shape index (κ2) is 17.5. The number of aliphatic hydroxyl groups is 2. The molecule has 3 nitrogen and oxygen atoms in total. The first-order chi connectivity index (χ1) is 10.2. The van der Waals surface area contributed by atoms with E-state index in [4.69, 9.17) is 15.9 Å². The molecule has 22 heavy (non-hydrogen) atoms. The SMILES string of the molecule is Cl.NC(CO)(CO)CCCCCCCCCCCCCCF. The number of rotatable bonds is 16. The van der Waals surface area contributed by atoms with Gasteiger partial charge < -0.3 is 15.9 Å². The molecule has 0 saturated carbocycles. The highest BCUT2D eigenvalue weighted by Crippen LogP contribution is 2.15. The van der Waals surface area contributed by atoms with Crippen molar-refractivity contribution in [3.63, 3.8) is 0 Å². The number of nitrogens with two attached hydrogens (primary N) is 1. The van der Waals surface area contributed by atoms with Crippen LogP contribution in [-0.2, 0) is 0 Å².